The first kappa shape index (κ1) is 14.9. The number of benzene rings is 1. The smallest absolute Gasteiger partial charge is 0.322 e. The van der Waals surface area contributed by atoms with E-state index < -0.39 is 5.91 Å². The fraction of sp³-hybridized carbons (Fsp3) is 0.0714. The van der Waals surface area contributed by atoms with Crippen LogP contribution >= 0.6 is 27.7 Å². The molecule has 22 heavy (non-hydrogen) atoms. The van der Waals surface area contributed by atoms with Crippen LogP contribution < -0.4 is 5.32 Å². The molecule has 0 aliphatic carbocycles. The number of aromatic nitrogens is 2. The van der Waals surface area contributed by atoms with Crippen LogP contribution in [0.3, 0.4) is 0 Å². The molecule has 0 aliphatic heterocycles. The normalized spacial score (nSPS) is 10.6. The van der Waals surface area contributed by atoms with Crippen LogP contribution in [0, 0.1) is 0 Å². The molecular formula is C14H10BrN3O3S. The maximum absolute atomic E-state index is 11.9. The first-order valence-corrected chi connectivity index (χ1v) is 8.22. The van der Waals surface area contributed by atoms with Crippen molar-refractivity contribution in [2.45, 2.75) is 4.90 Å². The van der Waals surface area contributed by atoms with Crippen molar-refractivity contribution in [3.05, 3.63) is 46.8 Å². The highest BCUT2D eigenvalue weighted by molar-refractivity contribution is 9.10. The molecule has 3 rings (SSSR count). The SMILES string of the molecule is CSc1ccc(-c2nnc(NC(=O)c3ccc(Br)o3)o2)cc1. The molecule has 1 aromatic carbocycles. The molecule has 0 atom stereocenters. The number of thioether (sulfide) groups is 1. The Bertz CT molecular complexity index is 798. The van der Waals surface area contributed by atoms with Gasteiger partial charge in [0.25, 0.3) is 5.91 Å². The monoisotopic (exact) mass is 379 g/mol. The second-order valence-electron chi connectivity index (χ2n) is 4.20. The van der Waals surface area contributed by atoms with Crippen LogP contribution in [-0.4, -0.2) is 22.4 Å². The molecule has 0 bridgehead atoms. The molecule has 0 saturated heterocycles. The van der Waals surface area contributed by atoms with Crippen LogP contribution in [0.2, 0.25) is 0 Å². The first-order chi connectivity index (χ1) is 10.7. The number of rotatable bonds is 4. The van der Waals surface area contributed by atoms with Gasteiger partial charge in [-0.2, -0.15) is 0 Å². The molecule has 8 heteroatoms. The van der Waals surface area contributed by atoms with E-state index in [1.807, 2.05) is 30.5 Å². The van der Waals surface area contributed by atoms with Crippen LogP contribution in [-0.2, 0) is 0 Å². The minimum absolute atomic E-state index is 0.0152. The Kier molecular flexibility index (Phi) is 4.30. The van der Waals surface area contributed by atoms with Crippen molar-refractivity contribution < 1.29 is 13.6 Å². The Balaban J connectivity index is 1.74. The van der Waals surface area contributed by atoms with E-state index in [2.05, 4.69) is 31.4 Å². The van der Waals surface area contributed by atoms with Gasteiger partial charge < -0.3 is 8.83 Å². The summed E-state index contributed by atoms with van der Waals surface area (Å²) in [6.07, 6.45) is 2.00. The minimum atomic E-state index is -0.460. The molecule has 0 radical (unpaired) electrons. The molecule has 1 N–H and O–H groups in total. The zero-order valence-corrected chi connectivity index (χ0v) is 13.8. The number of furan rings is 1. The lowest BCUT2D eigenvalue weighted by atomic mass is 10.2. The maximum Gasteiger partial charge on any atom is 0.322 e. The van der Waals surface area contributed by atoms with E-state index >= 15 is 0 Å². The van der Waals surface area contributed by atoms with Gasteiger partial charge in [0.15, 0.2) is 10.4 Å². The number of nitrogens with one attached hydrogen (secondary N) is 1. The second kappa shape index (κ2) is 6.37. The number of carbonyl (C=O) groups excluding carboxylic acids is 1. The summed E-state index contributed by atoms with van der Waals surface area (Å²) in [4.78, 5) is 13.0. The summed E-state index contributed by atoms with van der Waals surface area (Å²) in [6, 6.07) is 10.9. The summed E-state index contributed by atoms with van der Waals surface area (Å²) >= 11 is 4.78. The quantitative estimate of drug-likeness (QED) is 0.688. The third-order valence-corrected chi connectivity index (χ3v) is 3.95. The summed E-state index contributed by atoms with van der Waals surface area (Å²) in [5.74, 6) is 0.0261. The van der Waals surface area contributed by atoms with Crippen LogP contribution in [0.1, 0.15) is 10.6 Å². The summed E-state index contributed by atoms with van der Waals surface area (Å²) in [6.45, 7) is 0. The molecule has 6 nitrogen and oxygen atoms in total. The van der Waals surface area contributed by atoms with Crippen LogP contribution in [0.4, 0.5) is 6.01 Å². The molecule has 0 spiro atoms. The highest BCUT2D eigenvalue weighted by atomic mass is 79.9. The maximum atomic E-state index is 11.9. The third-order valence-electron chi connectivity index (χ3n) is 2.78. The molecule has 3 aromatic rings. The zero-order valence-electron chi connectivity index (χ0n) is 11.4. The number of amides is 1. The van der Waals surface area contributed by atoms with Gasteiger partial charge in [0.1, 0.15) is 0 Å². The fourth-order valence-electron chi connectivity index (χ4n) is 1.72. The Labute approximate surface area is 138 Å². The number of hydrogen-bond acceptors (Lipinski definition) is 6. The first-order valence-electron chi connectivity index (χ1n) is 6.20. The van der Waals surface area contributed by atoms with Gasteiger partial charge in [-0.05, 0) is 58.6 Å². The average molecular weight is 380 g/mol. The van der Waals surface area contributed by atoms with E-state index in [1.54, 1.807) is 17.8 Å². The van der Waals surface area contributed by atoms with Crippen LogP contribution in [0.25, 0.3) is 11.5 Å². The van der Waals surface area contributed by atoms with Gasteiger partial charge in [0.2, 0.25) is 5.89 Å². The molecule has 112 valence electrons. The van der Waals surface area contributed by atoms with Crippen molar-refractivity contribution in [3.63, 3.8) is 0 Å². The van der Waals surface area contributed by atoms with Crippen LogP contribution in [0.15, 0.2) is 54.8 Å². The van der Waals surface area contributed by atoms with Gasteiger partial charge in [-0.3, -0.25) is 10.1 Å². The summed E-state index contributed by atoms with van der Waals surface area (Å²) in [5.41, 5.74) is 0.784. The lowest BCUT2D eigenvalue weighted by Crippen LogP contribution is -2.10. The fourth-order valence-corrected chi connectivity index (χ4v) is 2.43. The predicted molar refractivity (Wildman–Crippen MR) is 85.9 cm³/mol. The number of hydrogen-bond donors (Lipinski definition) is 1. The summed E-state index contributed by atoms with van der Waals surface area (Å²) < 4.78 is 11.0. The van der Waals surface area contributed by atoms with Gasteiger partial charge in [-0.1, -0.05) is 5.10 Å². The van der Waals surface area contributed by atoms with Crippen molar-refractivity contribution in [3.8, 4) is 11.5 Å². The number of halogens is 1. The van der Waals surface area contributed by atoms with E-state index in [0.29, 0.717) is 10.6 Å². The van der Waals surface area contributed by atoms with Gasteiger partial charge in [-0.25, -0.2) is 0 Å². The van der Waals surface area contributed by atoms with E-state index in [-0.39, 0.29) is 11.8 Å². The van der Waals surface area contributed by atoms with Crippen molar-refractivity contribution >= 4 is 39.6 Å². The molecule has 0 aliphatic rings. The zero-order chi connectivity index (χ0) is 15.5. The van der Waals surface area contributed by atoms with Gasteiger partial charge >= 0.3 is 6.01 Å². The van der Waals surface area contributed by atoms with Crippen molar-refractivity contribution in [2.75, 3.05) is 11.6 Å². The highest BCUT2D eigenvalue weighted by Gasteiger charge is 2.15. The highest BCUT2D eigenvalue weighted by Crippen LogP contribution is 2.23. The third kappa shape index (κ3) is 3.23. The molecule has 0 fully saturated rings. The Hall–Kier alpha value is -2.06. The Morgan fingerprint density at radius 1 is 1.14 bits per heavy atom. The largest absolute Gasteiger partial charge is 0.444 e. The van der Waals surface area contributed by atoms with E-state index in [1.165, 1.54) is 6.07 Å². The predicted octanol–water partition coefficient (Wildman–Crippen LogP) is 4.07. The molecule has 2 aromatic heterocycles. The van der Waals surface area contributed by atoms with Crippen molar-refractivity contribution in [2.24, 2.45) is 0 Å². The lowest BCUT2D eigenvalue weighted by molar-refractivity contribution is 0.0992. The van der Waals surface area contributed by atoms with Crippen LogP contribution in [0.5, 0.6) is 0 Å². The van der Waals surface area contributed by atoms with Crippen molar-refractivity contribution in [1.82, 2.24) is 10.2 Å². The molecule has 2 heterocycles. The average Bonchev–Trinajstić information content (AvgIpc) is 3.16. The number of nitrogens with zero attached hydrogens (tertiary/aromatic N) is 2. The van der Waals surface area contributed by atoms with Gasteiger partial charge in [0, 0.05) is 10.5 Å². The summed E-state index contributed by atoms with van der Waals surface area (Å²) in [5, 5.41) is 10.2. The number of carbonyl (C=O) groups is 1. The topological polar surface area (TPSA) is 81.2 Å². The van der Waals surface area contributed by atoms with Gasteiger partial charge in [-0.15, -0.1) is 16.9 Å². The standard InChI is InChI=1S/C14H10BrN3O3S/c1-22-9-4-2-8(3-5-9)13-17-18-14(21-13)16-12(19)10-6-7-11(15)20-10/h2-7H,1H3,(H,16,18,19). The molecule has 0 unspecified atom stereocenters. The second-order valence-corrected chi connectivity index (χ2v) is 5.86. The lowest BCUT2D eigenvalue weighted by Gasteiger charge is -1.98. The Morgan fingerprint density at radius 2 is 1.91 bits per heavy atom. The number of anilines is 1. The molecule has 1 amide bonds. The minimum Gasteiger partial charge on any atom is -0.444 e. The van der Waals surface area contributed by atoms with E-state index in [0.717, 1.165) is 10.5 Å². The van der Waals surface area contributed by atoms with Crippen molar-refractivity contribution in [1.29, 1.82) is 0 Å². The molecular weight excluding hydrogens is 370 g/mol. The van der Waals surface area contributed by atoms with Gasteiger partial charge in [0.05, 0.1) is 0 Å². The Morgan fingerprint density at radius 3 is 2.55 bits per heavy atom. The molecule has 0 saturated carbocycles. The summed E-state index contributed by atoms with van der Waals surface area (Å²) in [7, 11) is 0. The van der Waals surface area contributed by atoms with E-state index in [9.17, 15) is 4.79 Å². The van der Waals surface area contributed by atoms with E-state index in [4.69, 9.17) is 8.83 Å².